The fourth-order valence-electron chi connectivity index (χ4n) is 2.62. The molecule has 1 atom stereocenters. The van der Waals surface area contributed by atoms with Gasteiger partial charge in [-0.2, -0.15) is 0 Å². The Bertz CT molecular complexity index is 260. The normalized spacial score (nSPS) is 23.7. The van der Waals surface area contributed by atoms with Gasteiger partial charge in [-0.15, -0.1) is 0 Å². The Hall–Kier alpha value is -0.770. The lowest BCUT2D eigenvalue weighted by molar-refractivity contribution is 0.180. The molecule has 0 aromatic rings. The van der Waals surface area contributed by atoms with E-state index < -0.39 is 0 Å². The summed E-state index contributed by atoms with van der Waals surface area (Å²) >= 11 is 0. The largest absolute Gasteiger partial charge is 0.335 e. The zero-order valence-corrected chi connectivity index (χ0v) is 11.6. The van der Waals surface area contributed by atoms with Crippen molar-refractivity contribution in [1.29, 1.82) is 0 Å². The molecule has 4 heteroatoms. The van der Waals surface area contributed by atoms with Gasteiger partial charge in [-0.3, -0.25) is 0 Å². The molecule has 1 aliphatic carbocycles. The summed E-state index contributed by atoms with van der Waals surface area (Å²) in [4.78, 5) is 14.2. The molecule has 2 fully saturated rings. The average Bonchev–Trinajstić information content (AvgIpc) is 2.81. The van der Waals surface area contributed by atoms with Gasteiger partial charge in [-0.05, 0) is 45.1 Å². The van der Waals surface area contributed by atoms with Gasteiger partial charge < -0.3 is 15.5 Å². The number of urea groups is 1. The van der Waals surface area contributed by atoms with Crippen LogP contribution in [-0.2, 0) is 0 Å². The van der Waals surface area contributed by atoms with Crippen LogP contribution in [0.5, 0.6) is 0 Å². The van der Waals surface area contributed by atoms with E-state index in [0.29, 0.717) is 12.1 Å². The number of unbranched alkanes of at least 4 members (excludes halogenated alkanes) is 1. The van der Waals surface area contributed by atoms with Crippen molar-refractivity contribution in [2.24, 2.45) is 0 Å². The molecule has 0 spiro atoms. The summed E-state index contributed by atoms with van der Waals surface area (Å²) in [7, 11) is 0. The summed E-state index contributed by atoms with van der Waals surface area (Å²) in [6.07, 6.45) is 8.29. The van der Waals surface area contributed by atoms with Gasteiger partial charge in [-0.1, -0.05) is 13.3 Å². The highest BCUT2D eigenvalue weighted by Gasteiger charge is 2.25. The second-order valence-corrected chi connectivity index (χ2v) is 5.67. The van der Waals surface area contributed by atoms with Crippen molar-refractivity contribution in [3.8, 4) is 0 Å². The predicted molar refractivity (Wildman–Crippen MR) is 73.7 cm³/mol. The number of nitrogens with zero attached hydrogens (tertiary/aromatic N) is 1. The zero-order valence-electron chi connectivity index (χ0n) is 11.6. The van der Waals surface area contributed by atoms with Crippen LogP contribution >= 0.6 is 0 Å². The van der Waals surface area contributed by atoms with E-state index in [1.807, 2.05) is 4.90 Å². The van der Waals surface area contributed by atoms with Crippen molar-refractivity contribution < 1.29 is 4.79 Å². The molecule has 2 rings (SSSR count). The molecule has 1 saturated heterocycles. The van der Waals surface area contributed by atoms with E-state index in [0.717, 1.165) is 45.3 Å². The molecule has 2 amide bonds. The quantitative estimate of drug-likeness (QED) is 0.761. The van der Waals surface area contributed by atoms with Crippen LogP contribution in [0.15, 0.2) is 0 Å². The Labute approximate surface area is 110 Å². The predicted octanol–water partition coefficient (Wildman–Crippen LogP) is 2.10. The van der Waals surface area contributed by atoms with Gasteiger partial charge in [0.1, 0.15) is 0 Å². The summed E-state index contributed by atoms with van der Waals surface area (Å²) in [5.41, 5.74) is 0. The summed E-state index contributed by atoms with van der Waals surface area (Å²) in [6, 6.07) is 1.11. The summed E-state index contributed by atoms with van der Waals surface area (Å²) in [6.45, 7) is 5.05. The molecule has 1 heterocycles. The Balaban J connectivity index is 1.79. The Kier molecular flexibility index (Phi) is 5.29. The molecule has 1 unspecified atom stereocenters. The van der Waals surface area contributed by atoms with Gasteiger partial charge in [0.25, 0.3) is 0 Å². The smallest absolute Gasteiger partial charge is 0.317 e. The Morgan fingerprint density at radius 1 is 1.33 bits per heavy atom. The average molecular weight is 253 g/mol. The monoisotopic (exact) mass is 253 g/mol. The maximum Gasteiger partial charge on any atom is 0.317 e. The zero-order chi connectivity index (χ0) is 12.8. The molecule has 1 aliphatic heterocycles. The molecule has 1 saturated carbocycles. The second kappa shape index (κ2) is 6.98. The van der Waals surface area contributed by atoms with Crippen LogP contribution in [0.1, 0.15) is 51.9 Å². The first-order valence-corrected chi connectivity index (χ1v) is 7.58. The highest BCUT2D eigenvalue weighted by Crippen LogP contribution is 2.18. The van der Waals surface area contributed by atoms with E-state index in [4.69, 9.17) is 0 Å². The molecular weight excluding hydrogens is 226 g/mol. The van der Waals surface area contributed by atoms with Gasteiger partial charge in [0.2, 0.25) is 0 Å². The van der Waals surface area contributed by atoms with E-state index >= 15 is 0 Å². The molecule has 0 radical (unpaired) electrons. The molecule has 18 heavy (non-hydrogen) atoms. The number of nitrogens with one attached hydrogen (secondary N) is 2. The first-order chi connectivity index (χ1) is 8.79. The molecular formula is C14H27N3O. The van der Waals surface area contributed by atoms with E-state index in [1.54, 1.807) is 0 Å². The topological polar surface area (TPSA) is 44.4 Å². The van der Waals surface area contributed by atoms with E-state index in [2.05, 4.69) is 17.6 Å². The number of amides is 2. The highest BCUT2D eigenvalue weighted by atomic mass is 16.2. The second-order valence-electron chi connectivity index (χ2n) is 5.67. The van der Waals surface area contributed by atoms with Crippen LogP contribution in [0.25, 0.3) is 0 Å². The lowest BCUT2D eigenvalue weighted by Gasteiger charge is -2.32. The van der Waals surface area contributed by atoms with Crippen molar-refractivity contribution in [3.63, 3.8) is 0 Å². The molecule has 0 bridgehead atoms. The number of carbonyl (C=O) groups is 1. The van der Waals surface area contributed by atoms with Gasteiger partial charge in [0.15, 0.2) is 0 Å². The lowest BCUT2D eigenvalue weighted by atomic mass is 9.93. The minimum atomic E-state index is 0.154. The molecule has 2 N–H and O–H groups in total. The van der Waals surface area contributed by atoms with Crippen LogP contribution in [0, 0.1) is 0 Å². The highest BCUT2D eigenvalue weighted by molar-refractivity contribution is 5.74. The summed E-state index contributed by atoms with van der Waals surface area (Å²) in [5.74, 6) is 0. The van der Waals surface area contributed by atoms with Gasteiger partial charge in [0.05, 0.1) is 0 Å². The maximum absolute atomic E-state index is 12.2. The lowest BCUT2D eigenvalue weighted by Crippen LogP contribution is -2.50. The summed E-state index contributed by atoms with van der Waals surface area (Å²) in [5, 5.41) is 6.64. The van der Waals surface area contributed by atoms with E-state index in [1.165, 1.54) is 19.3 Å². The van der Waals surface area contributed by atoms with Crippen molar-refractivity contribution in [3.05, 3.63) is 0 Å². The maximum atomic E-state index is 12.2. The number of hydrogen-bond acceptors (Lipinski definition) is 2. The standard InChI is InChI=1S/C14H27N3O/c1-2-3-10-17(11-13-8-5-9-15-13)14(18)16-12-6-4-7-12/h12-13,15H,2-11H2,1H3,(H,16,18). The minimum Gasteiger partial charge on any atom is -0.335 e. The van der Waals surface area contributed by atoms with Crippen LogP contribution in [0.2, 0.25) is 0 Å². The van der Waals surface area contributed by atoms with Crippen LogP contribution < -0.4 is 10.6 Å². The molecule has 0 aromatic heterocycles. The Morgan fingerprint density at radius 2 is 2.17 bits per heavy atom. The van der Waals surface area contributed by atoms with E-state index in [9.17, 15) is 4.79 Å². The summed E-state index contributed by atoms with van der Waals surface area (Å²) < 4.78 is 0. The third-order valence-corrected chi connectivity index (χ3v) is 4.10. The SMILES string of the molecule is CCCCN(CC1CCCN1)C(=O)NC1CCC1. The number of rotatable bonds is 6. The van der Waals surface area contributed by atoms with Crippen molar-refractivity contribution in [2.75, 3.05) is 19.6 Å². The molecule has 0 aromatic carbocycles. The van der Waals surface area contributed by atoms with Crippen LogP contribution in [0.3, 0.4) is 0 Å². The minimum absolute atomic E-state index is 0.154. The molecule has 4 nitrogen and oxygen atoms in total. The fraction of sp³-hybridized carbons (Fsp3) is 0.929. The first kappa shape index (κ1) is 13.7. The number of hydrogen-bond donors (Lipinski definition) is 2. The third-order valence-electron chi connectivity index (χ3n) is 4.10. The fourth-order valence-corrected chi connectivity index (χ4v) is 2.62. The third kappa shape index (κ3) is 3.87. The van der Waals surface area contributed by atoms with Crippen molar-refractivity contribution in [1.82, 2.24) is 15.5 Å². The Morgan fingerprint density at radius 3 is 2.72 bits per heavy atom. The van der Waals surface area contributed by atoms with Gasteiger partial charge in [-0.25, -0.2) is 4.79 Å². The van der Waals surface area contributed by atoms with Gasteiger partial charge >= 0.3 is 6.03 Å². The van der Waals surface area contributed by atoms with Gasteiger partial charge in [0, 0.05) is 25.2 Å². The number of carbonyl (C=O) groups excluding carboxylic acids is 1. The molecule has 104 valence electrons. The molecule has 2 aliphatic rings. The first-order valence-electron chi connectivity index (χ1n) is 7.58. The van der Waals surface area contributed by atoms with Crippen molar-refractivity contribution in [2.45, 2.75) is 64.0 Å². The van der Waals surface area contributed by atoms with E-state index in [-0.39, 0.29) is 6.03 Å². The van der Waals surface area contributed by atoms with Crippen LogP contribution in [0.4, 0.5) is 4.79 Å². The van der Waals surface area contributed by atoms with Crippen LogP contribution in [-0.4, -0.2) is 42.6 Å². The van der Waals surface area contributed by atoms with Crippen molar-refractivity contribution >= 4 is 6.03 Å².